The van der Waals surface area contributed by atoms with Gasteiger partial charge in [-0.1, -0.05) is 0 Å². The van der Waals surface area contributed by atoms with Crippen molar-refractivity contribution in [2.45, 2.75) is 13.3 Å². The molecule has 150 valence electrons. The lowest BCUT2D eigenvalue weighted by Crippen LogP contribution is -2.47. The van der Waals surface area contributed by atoms with Crippen molar-refractivity contribution in [3.05, 3.63) is 60.3 Å². The summed E-state index contributed by atoms with van der Waals surface area (Å²) in [5, 5.41) is 0. The topological polar surface area (TPSA) is 74.2 Å². The molecular formula is C21H26N8. The Kier molecular flexibility index (Phi) is 5.79. The predicted octanol–water partition coefficient (Wildman–Crippen LogP) is 1.98. The van der Waals surface area contributed by atoms with Crippen LogP contribution in [0.1, 0.15) is 11.3 Å². The molecular weight excluding hydrogens is 364 g/mol. The Balaban J connectivity index is 1.40. The first kappa shape index (κ1) is 19.0. The van der Waals surface area contributed by atoms with Crippen molar-refractivity contribution in [3.8, 4) is 0 Å². The van der Waals surface area contributed by atoms with Crippen molar-refractivity contribution in [1.82, 2.24) is 24.9 Å². The molecule has 1 aliphatic rings. The van der Waals surface area contributed by atoms with Gasteiger partial charge in [-0.25, -0.2) is 15.0 Å². The van der Waals surface area contributed by atoms with Crippen molar-refractivity contribution in [1.29, 1.82) is 0 Å². The lowest BCUT2D eigenvalue weighted by Gasteiger charge is -2.35. The summed E-state index contributed by atoms with van der Waals surface area (Å²) in [4.78, 5) is 28.9. The third-order valence-corrected chi connectivity index (χ3v) is 5.09. The molecule has 0 saturated carbocycles. The van der Waals surface area contributed by atoms with Gasteiger partial charge < -0.3 is 14.7 Å². The molecule has 4 rings (SSSR count). The molecule has 1 aliphatic heterocycles. The van der Waals surface area contributed by atoms with Gasteiger partial charge in [0.1, 0.15) is 5.82 Å². The number of piperazine rings is 1. The maximum atomic E-state index is 4.85. The van der Waals surface area contributed by atoms with Crippen LogP contribution >= 0.6 is 0 Å². The predicted molar refractivity (Wildman–Crippen MR) is 114 cm³/mol. The molecule has 8 heteroatoms. The Hall–Kier alpha value is -3.29. The number of aromatic nitrogens is 5. The molecule has 0 unspecified atom stereocenters. The summed E-state index contributed by atoms with van der Waals surface area (Å²) in [5.74, 6) is 2.54. The number of hydrogen-bond donors (Lipinski definition) is 0. The SMILES string of the molecule is Cc1cc(N2CCN(c3ncccn3)CC2)nc(N(C)CCc2ccncc2)n1. The van der Waals surface area contributed by atoms with Crippen LogP contribution in [0.2, 0.25) is 0 Å². The van der Waals surface area contributed by atoms with Gasteiger partial charge in [-0.3, -0.25) is 4.98 Å². The molecule has 29 heavy (non-hydrogen) atoms. The third kappa shape index (κ3) is 4.77. The summed E-state index contributed by atoms with van der Waals surface area (Å²) in [5.41, 5.74) is 2.24. The molecule has 1 fully saturated rings. The molecule has 8 nitrogen and oxygen atoms in total. The van der Waals surface area contributed by atoms with Crippen molar-refractivity contribution < 1.29 is 0 Å². The van der Waals surface area contributed by atoms with Crippen LogP contribution in [0.4, 0.5) is 17.7 Å². The van der Waals surface area contributed by atoms with E-state index < -0.39 is 0 Å². The van der Waals surface area contributed by atoms with Crippen LogP contribution in [0.15, 0.2) is 49.1 Å². The van der Waals surface area contributed by atoms with Gasteiger partial charge in [0.25, 0.3) is 0 Å². The zero-order valence-corrected chi connectivity index (χ0v) is 16.9. The summed E-state index contributed by atoms with van der Waals surface area (Å²) < 4.78 is 0. The van der Waals surface area contributed by atoms with Crippen LogP contribution in [-0.2, 0) is 6.42 Å². The van der Waals surface area contributed by atoms with E-state index in [2.05, 4.69) is 40.7 Å². The summed E-state index contributed by atoms with van der Waals surface area (Å²) >= 11 is 0. The van der Waals surface area contributed by atoms with Crippen LogP contribution in [0.25, 0.3) is 0 Å². The highest BCUT2D eigenvalue weighted by atomic mass is 15.3. The molecule has 1 saturated heterocycles. The van der Waals surface area contributed by atoms with Gasteiger partial charge in [0.2, 0.25) is 11.9 Å². The summed E-state index contributed by atoms with van der Waals surface area (Å²) in [6.45, 7) is 6.40. The first-order chi connectivity index (χ1) is 14.2. The average Bonchev–Trinajstić information content (AvgIpc) is 2.78. The Labute approximate surface area is 171 Å². The minimum atomic E-state index is 0.767. The largest absolute Gasteiger partial charge is 0.353 e. The standard InChI is InChI=1S/C21H26N8/c1-17-16-19(28-12-14-29(15-13-28)20-23-7-3-8-24-20)26-21(25-17)27(2)11-6-18-4-9-22-10-5-18/h3-5,7-10,16H,6,11-15H2,1-2H3. The van der Waals surface area contributed by atoms with Gasteiger partial charge in [0.05, 0.1) is 0 Å². The fourth-order valence-corrected chi connectivity index (χ4v) is 3.41. The molecule has 0 amide bonds. The van der Waals surface area contributed by atoms with Crippen LogP contribution in [0, 0.1) is 6.92 Å². The van der Waals surface area contributed by atoms with Crippen LogP contribution in [0.3, 0.4) is 0 Å². The molecule has 0 aliphatic carbocycles. The lowest BCUT2D eigenvalue weighted by atomic mass is 10.2. The highest BCUT2D eigenvalue weighted by Crippen LogP contribution is 2.20. The van der Waals surface area contributed by atoms with Crippen molar-refractivity contribution >= 4 is 17.7 Å². The van der Waals surface area contributed by atoms with E-state index in [4.69, 9.17) is 4.98 Å². The number of nitrogens with zero attached hydrogens (tertiary/aromatic N) is 8. The zero-order valence-electron chi connectivity index (χ0n) is 16.9. The van der Waals surface area contributed by atoms with Gasteiger partial charge in [-0.05, 0) is 37.1 Å². The Morgan fingerprint density at radius 1 is 0.931 bits per heavy atom. The van der Waals surface area contributed by atoms with Gasteiger partial charge in [0.15, 0.2) is 0 Å². The second-order valence-electron chi connectivity index (χ2n) is 7.22. The van der Waals surface area contributed by atoms with Gasteiger partial charge >= 0.3 is 0 Å². The molecule has 3 aromatic rings. The highest BCUT2D eigenvalue weighted by molar-refractivity contribution is 5.47. The Morgan fingerprint density at radius 3 is 2.34 bits per heavy atom. The van der Waals surface area contributed by atoms with E-state index in [1.807, 2.05) is 44.6 Å². The van der Waals surface area contributed by atoms with Crippen molar-refractivity contribution in [2.24, 2.45) is 0 Å². The van der Waals surface area contributed by atoms with Crippen LogP contribution < -0.4 is 14.7 Å². The van der Waals surface area contributed by atoms with E-state index in [1.54, 1.807) is 12.4 Å². The first-order valence-corrected chi connectivity index (χ1v) is 9.92. The van der Waals surface area contributed by atoms with Gasteiger partial charge in [-0.15, -0.1) is 0 Å². The van der Waals surface area contributed by atoms with E-state index in [-0.39, 0.29) is 0 Å². The molecule has 0 bridgehead atoms. The minimum absolute atomic E-state index is 0.767. The first-order valence-electron chi connectivity index (χ1n) is 9.92. The molecule has 0 N–H and O–H groups in total. The summed E-state index contributed by atoms with van der Waals surface area (Å²) in [7, 11) is 2.05. The lowest BCUT2D eigenvalue weighted by molar-refractivity contribution is 0.633. The van der Waals surface area contributed by atoms with E-state index in [0.29, 0.717) is 0 Å². The maximum Gasteiger partial charge on any atom is 0.227 e. The van der Waals surface area contributed by atoms with Crippen molar-refractivity contribution in [2.75, 3.05) is 54.5 Å². The number of likely N-dealkylation sites (N-methyl/N-ethyl adjacent to an activating group) is 1. The van der Waals surface area contributed by atoms with Crippen LogP contribution in [0.5, 0.6) is 0 Å². The monoisotopic (exact) mass is 390 g/mol. The zero-order chi connectivity index (χ0) is 20.1. The molecule has 0 spiro atoms. The van der Waals surface area contributed by atoms with Gasteiger partial charge in [0, 0.05) is 76.3 Å². The normalized spacial score (nSPS) is 14.1. The maximum absolute atomic E-state index is 4.85. The van der Waals surface area contributed by atoms with E-state index in [0.717, 1.165) is 62.6 Å². The molecule has 0 aromatic carbocycles. The average molecular weight is 390 g/mol. The molecule has 0 radical (unpaired) electrons. The number of anilines is 3. The minimum Gasteiger partial charge on any atom is -0.353 e. The van der Waals surface area contributed by atoms with Gasteiger partial charge in [-0.2, -0.15) is 4.98 Å². The number of pyridine rings is 1. The molecule has 3 aromatic heterocycles. The second-order valence-corrected chi connectivity index (χ2v) is 7.22. The summed E-state index contributed by atoms with van der Waals surface area (Å²) in [6.07, 6.45) is 8.17. The third-order valence-electron chi connectivity index (χ3n) is 5.09. The fraction of sp³-hybridized carbons (Fsp3) is 0.381. The quantitative estimate of drug-likeness (QED) is 0.633. The number of hydrogen-bond acceptors (Lipinski definition) is 8. The number of rotatable bonds is 6. The van der Waals surface area contributed by atoms with E-state index in [1.165, 1.54) is 5.56 Å². The second kappa shape index (κ2) is 8.81. The molecule has 0 atom stereocenters. The smallest absolute Gasteiger partial charge is 0.227 e. The summed E-state index contributed by atoms with van der Waals surface area (Å²) in [6, 6.07) is 8.00. The molecule has 4 heterocycles. The van der Waals surface area contributed by atoms with Crippen molar-refractivity contribution in [3.63, 3.8) is 0 Å². The van der Waals surface area contributed by atoms with E-state index >= 15 is 0 Å². The number of aryl methyl sites for hydroxylation is 1. The Bertz CT molecular complexity index is 910. The fourth-order valence-electron chi connectivity index (χ4n) is 3.41. The van der Waals surface area contributed by atoms with E-state index in [9.17, 15) is 0 Å². The van der Waals surface area contributed by atoms with Crippen LogP contribution in [-0.4, -0.2) is 64.7 Å². The Morgan fingerprint density at radius 2 is 1.62 bits per heavy atom. The highest BCUT2D eigenvalue weighted by Gasteiger charge is 2.21.